The molecular weight excluding hydrogens is 377 g/mol. The van der Waals surface area contributed by atoms with E-state index in [1.165, 1.54) is 13.8 Å². The number of carbonyl (C=O) groups is 2. The number of amides is 1. The monoisotopic (exact) mass is 395 g/mol. The molecule has 0 aliphatic carbocycles. The fraction of sp³-hybridized carbons (Fsp3) is 0.263. The minimum absolute atomic E-state index is 0.252. The number of benzene rings is 2. The molecule has 5 nitrogen and oxygen atoms in total. The molecule has 138 valence electrons. The van der Waals surface area contributed by atoms with Crippen LogP contribution in [-0.4, -0.2) is 29.1 Å². The third-order valence-electron chi connectivity index (χ3n) is 3.64. The summed E-state index contributed by atoms with van der Waals surface area (Å²) in [6.07, 6.45) is 0.614. The second kappa shape index (κ2) is 8.43. The summed E-state index contributed by atoms with van der Waals surface area (Å²) in [6, 6.07) is 11.7. The highest BCUT2D eigenvalue weighted by atomic mass is 35.5. The van der Waals surface area contributed by atoms with Crippen LogP contribution in [-0.2, 0) is 11.2 Å². The molecule has 26 heavy (non-hydrogen) atoms. The van der Waals surface area contributed by atoms with Crippen LogP contribution in [0, 0.1) is 0 Å². The Labute approximate surface area is 161 Å². The van der Waals surface area contributed by atoms with Crippen LogP contribution >= 0.6 is 23.2 Å². The van der Waals surface area contributed by atoms with Gasteiger partial charge in [-0.25, -0.2) is 4.79 Å². The van der Waals surface area contributed by atoms with Crippen LogP contribution in [0.2, 0.25) is 10.0 Å². The summed E-state index contributed by atoms with van der Waals surface area (Å²) in [5.41, 5.74) is 0.0883. The number of hydrogen-bond donors (Lipinski definition) is 2. The Morgan fingerprint density at radius 3 is 2.19 bits per heavy atom. The van der Waals surface area contributed by atoms with Crippen LogP contribution in [0.4, 0.5) is 0 Å². The zero-order valence-electron chi connectivity index (χ0n) is 14.4. The van der Waals surface area contributed by atoms with E-state index in [-0.39, 0.29) is 5.91 Å². The third kappa shape index (κ3) is 5.64. The van der Waals surface area contributed by atoms with Crippen molar-refractivity contribution < 1.29 is 19.4 Å². The quantitative estimate of drug-likeness (QED) is 0.735. The first-order valence-corrected chi connectivity index (χ1v) is 8.68. The van der Waals surface area contributed by atoms with Crippen molar-refractivity contribution in [1.82, 2.24) is 5.32 Å². The summed E-state index contributed by atoms with van der Waals surface area (Å²) in [6.45, 7) is 3.41. The number of carboxylic acids is 1. The number of carboxylic acid groups (broad SMARTS) is 1. The van der Waals surface area contributed by atoms with Gasteiger partial charge in [-0.1, -0.05) is 35.3 Å². The molecule has 0 spiro atoms. The molecule has 0 unspecified atom stereocenters. The van der Waals surface area contributed by atoms with E-state index >= 15 is 0 Å². The summed E-state index contributed by atoms with van der Waals surface area (Å²) in [4.78, 5) is 23.2. The highest BCUT2D eigenvalue weighted by molar-refractivity contribution is 6.35. The van der Waals surface area contributed by atoms with Gasteiger partial charge in [-0.05, 0) is 56.2 Å². The van der Waals surface area contributed by atoms with Crippen LogP contribution in [0.3, 0.4) is 0 Å². The standard InChI is InChI=1S/C19H19Cl2NO4/c1-19(2,18(24)25)26-16-5-3-12(4-6-16)7-8-22-17(23)13-9-14(20)11-15(21)10-13/h3-6,9-11H,7-8H2,1-2H3,(H,22,23)(H,24,25). The first-order valence-electron chi connectivity index (χ1n) is 7.93. The fourth-order valence-corrected chi connectivity index (χ4v) is 2.70. The predicted molar refractivity (Wildman–Crippen MR) is 101 cm³/mol. The van der Waals surface area contributed by atoms with E-state index in [1.807, 2.05) is 12.1 Å². The Morgan fingerprint density at radius 1 is 1.08 bits per heavy atom. The SMILES string of the molecule is CC(C)(Oc1ccc(CCNC(=O)c2cc(Cl)cc(Cl)c2)cc1)C(=O)O. The van der Waals surface area contributed by atoms with Crippen molar-refractivity contribution in [2.45, 2.75) is 25.9 Å². The molecule has 7 heteroatoms. The Kier molecular flexibility index (Phi) is 6.51. The number of rotatable bonds is 7. The van der Waals surface area contributed by atoms with E-state index in [4.69, 9.17) is 33.0 Å². The smallest absolute Gasteiger partial charge is 0.347 e. The minimum Gasteiger partial charge on any atom is -0.478 e. The van der Waals surface area contributed by atoms with Crippen LogP contribution in [0.1, 0.15) is 29.8 Å². The fourth-order valence-electron chi connectivity index (χ4n) is 2.17. The van der Waals surface area contributed by atoms with Gasteiger partial charge in [0.25, 0.3) is 5.91 Å². The highest BCUT2D eigenvalue weighted by Gasteiger charge is 2.29. The molecule has 0 aliphatic heterocycles. The number of ether oxygens (including phenoxy) is 1. The Bertz CT molecular complexity index is 783. The molecule has 0 aliphatic rings. The van der Waals surface area contributed by atoms with Gasteiger partial charge in [-0.15, -0.1) is 0 Å². The van der Waals surface area contributed by atoms with Crippen LogP contribution in [0.25, 0.3) is 0 Å². The van der Waals surface area contributed by atoms with Gasteiger partial charge < -0.3 is 15.2 Å². The summed E-state index contributed by atoms with van der Waals surface area (Å²) in [5, 5.41) is 12.7. The first-order chi connectivity index (χ1) is 12.2. The van der Waals surface area contributed by atoms with Crippen molar-refractivity contribution in [2.24, 2.45) is 0 Å². The summed E-state index contributed by atoms with van der Waals surface area (Å²) in [5.74, 6) is -0.818. The molecule has 2 aromatic rings. The van der Waals surface area contributed by atoms with Crippen molar-refractivity contribution in [3.05, 3.63) is 63.6 Å². The zero-order chi connectivity index (χ0) is 19.3. The van der Waals surface area contributed by atoms with Gasteiger partial charge in [0.1, 0.15) is 5.75 Å². The second-order valence-electron chi connectivity index (χ2n) is 6.23. The molecule has 2 rings (SSSR count). The average Bonchev–Trinajstić information content (AvgIpc) is 2.55. The van der Waals surface area contributed by atoms with E-state index in [9.17, 15) is 9.59 Å². The topological polar surface area (TPSA) is 75.6 Å². The number of hydrogen-bond acceptors (Lipinski definition) is 3. The molecule has 0 radical (unpaired) electrons. The number of halogens is 2. The first kappa shape index (κ1) is 20.1. The lowest BCUT2D eigenvalue weighted by Gasteiger charge is -2.21. The number of aliphatic carboxylic acids is 1. The van der Waals surface area contributed by atoms with E-state index in [1.54, 1.807) is 30.3 Å². The van der Waals surface area contributed by atoms with Gasteiger partial charge in [0.2, 0.25) is 0 Å². The van der Waals surface area contributed by atoms with Gasteiger partial charge in [0.15, 0.2) is 5.60 Å². The lowest BCUT2D eigenvalue weighted by atomic mass is 10.1. The second-order valence-corrected chi connectivity index (χ2v) is 7.10. The molecule has 2 N–H and O–H groups in total. The predicted octanol–water partition coefficient (Wildman–Crippen LogP) is 4.21. The lowest BCUT2D eigenvalue weighted by molar-refractivity contribution is -0.152. The van der Waals surface area contributed by atoms with Crippen molar-refractivity contribution >= 4 is 35.1 Å². The van der Waals surface area contributed by atoms with Crippen LogP contribution in [0.5, 0.6) is 5.75 Å². The molecule has 1 amide bonds. The maximum Gasteiger partial charge on any atom is 0.347 e. The van der Waals surface area contributed by atoms with Crippen LogP contribution in [0.15, 0.2) is 42.5 Å². The van der Waals surface area contributed by atoms with Crippen molar-refractivity contribution in [3.8, 4) is 5.75 Å². The minimum atomic E-state index is -1.30. The summed E-state index contributed by atoms with van der Waals surface area (Å²) in [7, 11) is 0. The van der Waals surface area contributed by atoms with Gasteiger partial charge >= 0.3 is 5.97 Å². The molecule has 0 bridgehead atoms. The maximum absolute atomic E-state index is 12.1. The van der Waals surface area contributed by atoms with Gasteiger partial charge in [0, 0.05) is 22.2 Å². The molecule has 0 saturated heterocycles. The van der Waals surface area contributed by atoms with Gasteiger partial charge in [-0.3, -0.25) is 4.79 Å². The van der Waals surface area contributed by atoms with Crippen molar-refractivity contribution in [2.75, 3.05) is 6.54 Å². The molecule has 0 heterocycles. The summed E-state index contributed by atoms with van der Waals surface area (Å²) < 4.78 is 5.45. The third-order valence-corrected chi connectivity index (χ3v) is 4.07. The lowest BCUT2D eigenvalue weighted by Crippen LogP contribution is -2.37. The van der Waals surface area contributed by atoms with E-state index in [2.05, 4.69) is 5.32 Å². The molecular formula is C19H19Cl2NO4. The normalized spacial score (nSPS) is 11.1. The van der Waals surface area contributed by atoms with E-state index in [0.717, 1.165) is 5.56 Å². The number of nitrogens with one attached hydrogen (secondary N) is 1. The van der Waals surface area contributed by atoms with Crippen molar-refractivity contribution in [3.63, 3.8) is 0 Å². The number of carbonyl (C=O) groups excluding carboxylic acids is 1. The zero-order valence-corrected chi connectivity index (χ0v) is 15.9. The maximum atomic E-state index is 12.1. The Hall–Kier alpha value is -2.24. The van der Waals surface area contributed by atoms with Gasteiger partial charge in [-0.2, -0.15) is 0 Å². The summed E-state index contributed by atoms with van der Waals surface area (Å²) >= 11 is 11.8. The van der Waals surface area contributed by atoms with E-state index in [0.29, 0.717) is 34.3 Å². The molecule has 0 fully saturated rings. The Morgan fingerprint density at radius 2 is 1.65 bits per heavy atom. The van der Waals surface area contributed by atoms with E-state index < -0.39 is 11.6 Å². The van der Waals surface area contributed by atoms with Crippen molar-refractivity contribution in [1.29, 1.82) is 0 Å². The van der Waals surface area contributed by atoms with Gasteiger partial charge in [0.05, 0.1) is 0 Å². The molecule has 2 aromatic carbocycles. The van der Waals surface area contributed by atoms with Crippen LogP contribution < -0.4 is 10.1 Å². The molecule has 0 atom stereocenters. The average molecular weight is 396 g/mol. The Balaban J connectivity index is 1.88. The molecule has 0 saturated carbocycles. The molecule has 0 aromatic heterocycles. The largest absolute Gasteiger partial charge is 0.478 e. The highest BCUT2D eigenvalue weighted by Crippen LogP contribution is 2.20.